The van der Waals surface area contributed by atoms with Crippen molar-refractivity contribution in [2.45, 2.75) is 52.7 Å². The van der Waals surface area contributed by atoms with E-state index in [-0.39, 0.29) is 12.0 Å². The Kier molecular flexibility index (Phi) is 5.52. The van der Waals surface area contributed by atoms with Gasteiger partial charge in [-0.1, -0.05) is 0 Å². The fraction of sp³-hybridized carbons (Fsp3) is 0.588. The molecule has 0 amide bonds. The molecule has 25 heavy (non-hydrogen) atoms. The van der Waals surface area contributed by atoms with E-state index in [1.807, 2.05) is 32.7 Å². The molecular formula is C17H26N4O4. The van der Waals surface area contributed by atoms with Crippen molar-refractivity contribution in [1.29, 1.82) is 0 Å². The molecule has 2 heterocycles. The number of nitrogens with zero attached hydrogens (tertiary/aromatic N) is 3. The lowest BCUT2D eigenvalue weighted by atomic mass is 10.0. The molecular weight excluding hydrogens is 324 g/mol. The van der Waals surface area contributed by atoms with Crippen LogP contribution in [0.5, 0.6) is 0 Å². The summed E-state index contributed by atoms with van der Waals surface area (Å²) in [6, 6.07) is -0.193. The van der Waals surface area contributed by atoms with Crippen molar-refractivity contribution < 1.29 is 19.1 Å². The number of ether oxygens (including phenoxy) is 2. The first-order chi connectivity index (χ1) is 11.6. The molecule has 0 fully saturated rings. The normalized spacial score (nSPS) is 21.1. The van der Waals surface area contributed by atoms with E-state index in [9.17, 15) is 9.59 Å². The number of hydrogen-bond donors (Lipinski definition) is 1. The average Bonchev–Trinajstić information content (AvgIpc) is 2.88. The minimum atomic E-state index is -0.576. The number of rotatable bonds is 4. The maximum atomic E-state index is 12.3. The molecule has 0 spiro atoms. The Balaban J connectivity index is 2.15. The highest BCUT2D eigenvalue weighted by Crippen LogP contribution is 2.24. The third-order valence-electron chi connectivity index (χ3n) is 3.69. The van der Waals surface area contributed by atoms with Crippen molar-refractivity contribution in [3.05, 3.63) is 23.7 Å². The lowest BCUT2D eigenvalue weighted by Crippen LogP contribution is -2.48. The predicted octanol–water partition coefficient (Wildman–Crippen LogP) is 1.52. The van der Waals surface area contributed by atoms with Crippen molar-refractivity contribution >= 4 is 17.7 Å². The first-order valence-corrected chi connectivity index (χ1v) is 8.26. The summed E-state index contributed by atoms with van der Waals surface area (Å²) >= 11 is 0. The van der Waals surface area contributed by atoms with Crippen molar-refractivity contribution in [3.63, 3.8) is 0 Å². The molecule has 1 N–H and O–H groups in total. The number of carbonyl (C=O) groups is 2. The second kappa shape index (κ2) is 7.26. The van der Waals surface area contributed by atoms with Gasteiger partial charge in [-0.05, 0) is 34.6 Å². The van der Waals surface area contributed by atoms with Gasteiger partial charge in [-0.15, -0.1) is 5.12 Å². The monoisotopic (exact) mass is 350 g/mol. The zero-order valence-electron chi connectivity index (χ0n) is 15.6. The van der Waals surface area contributed by atoms with Crippen LogP contribution in [-0.2, 0) is 19.1 Å². The summed E-state index contributed by atoms with van der Waals surface area (Å²) in [5.41, 5.74) is 4.06. The molecule has 0 radical (unpaired) electrons. The van der Waals surface area contributed by atoms with E-state index in [1.54, 1.807) is 31.5 Å². The van der Waals surface area contributed by atoms with Crippen LogP contribution in [0.25, 0.3) is 0 Å². The number of nitrogens with one attached hydrogen (secondary N) is 1. The van der Waals surface area contributed by atoms with Crippen molar-refractivity contribution in [3.8, 4) is 0 Å². The van der Waals surface area contributed by atoms with Crippen LogP contribution < -0.4 is 5.43 Å². The molecule has 2 rings (SSSR count). The second-order valence-electron chi connectivity index (χ2n) is 6.93. The molecule has 138 valence electrons. The Bertz CT molecular complexity index is 646. The summed E-state index contributed by atoms with van der Waals surface area (Å²) in [5, 5.41) is 3.50. The molecule has 0 aromatic rings. The summed E-state index contributed by atoms with van der Waals surface area (Å²) in [5.74, 6) is -0.802. The SMILES string of the molecule is CCOC(=O)C1=CN=C(C)C(N2C=C(C(=O)OC(C)(C)C)NN2C)C1. The number of aliphatic imine (C=N–C) groups is 1. The van der Waals surface area contributed by atoms with Crippen LogP contribution in [-0.4, -0.2) is 53.1 Å². The Morgan fingerprint density at radius 3 is 2.64 bits per heavy atom. The van der Waals surface area contributed by atoms with Crippen LogP contribution in [0.1, 0.15) is 41.0 Å². The first kappa shape index (κ1) is 19.0. The fourth-order valence-corrected chi connectivity index (χ4v) is 2.53. The number of esters is 2. The van der Waals surface area contributed by atoms with Gasteiger partial charge in [0.15, 0.2) is 5.70 Å². The summed E-state index contributed by atoms with van der Waals surface area (Å²) in [4.78, 5) is 28.5. The smallest absolute Gasteiger partial charge is 0.357 e. The standard InChI is InChI=1S/C17H26N4O4/c1-7-24-15(22)12-8-14(11(2)18-9-12)21-10-13(19-20(21)6)16(23)25-17(3,4)5/h9-10,14,19H,7-8H2,1-6H3. The van der Waals surface area contributed by atoms with Gasteiger partial charge < -0.3 is 9.47 Å². The largest absolute Gasteiger partial charge is 0.463 e. The zero-order chi connectivity index (χ0) is 18.8. The molecule has 1 unspecified atom stereocenters. The van der Waals surface area contributed by atoms with E-state index in [0.29, 0.717) is 24.3 Å². The van der Waals surface area contributed by atoms with E-state index < -0.39 is 11.6 Å². The fourth-order valence-electron chi connectivity index (χ4n) is 2.53. The Morgan fingerprint density at radius 1 is 1.36 bits per heavy atom. The molecule has 0 aliphatic carbocycles. The van der Waals surface area contributed by atoms with Crippen LogP contribution in [0.4, 0.5) is 0 Å². The summed E-state index contributed by atoms with van der Waals surface area (Å²) in [7, 11) is 1.78. The molecule has 0 saturated carbocycles. The molecule has 0 saturated heterocycles. The highest BCUT2D eigenvalue weighted by Gasteiger charge is 2.34. The highest BCUT2D eigenvalue weighted by molar-refractivity contribution is 5.95. The van der Waals surface area contributed by atoms with Crippen molar-refractivity contribution in [1.82, 2.24) is 15.6 Å². The van der Waals surface area contributed by atoms with Gasteiger partial charge in [-0.25, -0.2) is 9.59 Å². The summed E-state index contributed by atoms with van der Waals surface area (Å²) in [6.07, 6.45) is 3.66. The van der Waals surface area contributed by atoms with Crippen LogP contribution in [0.3, 0.4) is 0 Å². The minimum absolute atomic E-state index is 0.193. The summed E-state index contributed by atoms with van der Waals surface area (Å²) in [6.45, 7) is 9.41. The first-order valence-electron chi connectivity index (χ1n) is 8.26. The van der Waals surface area contributed by atoms with E-state index in [4.69, 9.17) is 9.47 Å². The molecule has 0 aromatic carbocycles. The van der Waals surface area contributed by atoms with E-state index in [1.165, 1.54) is 0 Å². The topological polar surface area (TPSA) is 83.5 Å². The maximum Gasteiger partial charge on any atom is 0.357 e. The maximum absolute atomic E-state index is 12.3. The number of hydrazine groups is 2. The molecule has 1 atom stereocenters. The molecule has 8 heteroatoms. The van der Waals surface area contributed by atoms with Gasteiger partial charge in [0.2, 0.25) is 0 Å². The van der Waals surface area contributed by atoms with Gasteiger partial charge in [0.1, 0.15) is 5.60 Å². The van der Waals surface area contributed by atoms with Gasteiger partial charge in [-0.3, -0.25) is 15.4 Å². The predicted molar refractivity (Wildman–Crippen MR) is 92.9 cm³/mol. The van der Waals surface area contributed by atoms with Gasteiger partial charge in [-0.2, -0.15) is 0 Å². The third kappa shape index (κ3) is 4.60. The number of carbonyl (C=O) groups excluding carboxylic acids is 2. The van der Waals surface area contributed by atoms with Gasteiger partial charge in [0, 0.05) is 25.4 Å². The van der Waals surface area contributed by atoms with Crippen molar-refractivity contribution in [2.24, 2.45) is 4.99 Å². The highest BCUT2D eigenvalue weighted by atomic mass is 16.6. The quantitative estimate of drug-likeness (QED) is 0.770. The summed E-state index contributed by atoms with van der Waals surface area (Å²) < 4.78 is 10.4. The van der Waals surface area contributed by atoms with Gasteiger partial charge >= 0.3 is 11.9 Å². The van der Waals surface area contributed by atoms with Crippen LogP contribution in [0.15, 0.2) is 28.7 Å². The lowest BCUT2D eigenvalue weighted by molar-refractivity contribution is -0.150. The molecule has 0 aromatic heterocycles. The van der Waals surface area contributed by atoms with E-state index in [0.717, 1.165) is 5.71 Å². The van der Waals surface area contributed by atoms with Crippen LogP contribution in [0.2, 0.25) is 0 Å². The van der Waals surface area contributed by atoms with Crippen LogP contribution in [0, 0.1) is 0 Å². The molecule has 2 aliphatic rings. The Morgan fingerprint density at radius 2 is 2.04 bits per heavy atom. The lowest BCUT2D eigenvalue weighted by Gasteiger charge is -2.34. The van der Waals surface area contributed by atoms with E-state index >= 15 is 0 Å². The Labute approximate surface area is 148 Å². The molecule has 0 bridgehead atoms. The van der Waals surface area contributed by atoms with E-state index in [2.05, 4.69) is 10.4 Å². The van der Waals surface area contributed by atoms with Crippen molar-refractivity contribution in [2.75, 3.05) is 13.7 Å². The van der Waals surface area contributed by atoms with Gasteiger partial charge in [0.05, 0.1) is 24.4 Å². The average molecular weight is 350 g/mol. The Hall–Kier alpha value is -2.35. The van der Waals surface area contributed by atoms with Gasteiger partial charge in [0.25, 0.3) is 0 Å². The minimum Gasteiger partial charge on any atom is -0.463 e. The van der Waals surface area contributed by atoms with Crippen LogP contribution >= 0.6 is 0 Å². The molecule has 2 aliphatic heterocycles. The number of hydrogen-bond acceptors (Lipinski definition) is 8. The molecule has 8 nitrogen and oxygen atoms in total. The second-order valence-corrected chi connectivity index (χ2v) is 6.93. The zero-order valence-corrected chi connectivity index (χ0v) is 15.6. The third-order valence-corrected chi connectivity index (χ3v) is 3.69.